The summed E-state index contributed by atoms with van der Waals surface area (Å²) in [6.07, 6.45) is 0.682. The Balaban J connectivity index is 2.85. The first-order valence-electron chi connectivity index (χ1n) is 3.07. The fourth-order valence-electron chi connectivity index (χ4n) is 0.428. The molecule has 0 aliphatic rings. The van der Waals surface area contributed by atoms with Crippen molar-refractivity contribution in [1.82, 2.24) is 0 Å². The van der Waals surface area contributed by atoms with E-state index in [1.54, 1.807) is 0 Å². The van der Waals surface area contributed by atoms with Gasteiger partial charge in [0.2, 0.25) is 0 Å². The lowest BCUT2D eigenvalue weighted by molar-refractivity contribution is 0.620. The standard InChI is InChI=1S/C5H12NOSi2/c1-9(2)7-8-5-3-4-6/h3,5,8H2,1-2H3. The molecule has 0 heterocycles. The zero-order chi connectivity index (χ0) is 7.11. The van der Waals surface area contributed by atoms with Gasteiger partial charge in [0, 0.05) is 6.42 Å². The van der Waals surface area contributed by atoms with Crippen molar-refractivity contribution in [3.05, 3.63) is 0 Å². The van der Waals surface area contributed by atoms with Crippen LogP contribution in [0.15, 0.2) is 0 Å². The van der Waals surface area contributed by atoms with Gasteiger partial charge in [0.25, 0.3) is 0 Å². The highest BCUT2D eigenvalue weighted by atomic mass is 28.3. The van der Waals surface area contributed by atoms with Crippen LogP contribution in [0.4, 0.5) is 0 Å². The van der Waals surface area contributed by atoms with Crippen LogP contribution in [-0.2, 0) is 4.12 Å². The van der Waals surface area contributed by atoms with Crippen LogP contribution in [0.3, 0.4) is 0 Å². The predicted molar refractivity (Wildman–Crippen MR) is 42.1 cm³/mol. The summed E-state index contributed by atoms with van der Waals surface area (Å²) in [6, 6.07) is 3.13. The van der Waals surface area contributed by atoms with E-state index in [1.807, 2.05) is 0 Å². The van der Waals surface area contributed by atoms with Gasteiger partial charge in [-0.15, -0.1) is 0 Å². The molecule has 0 N–H and O–H groups in total. The number of nitriles is 1. The van der Waals surface area contributed by atoms with Crippen molar-refractivity contribution in [2.24, 2.45) is 0 Å². The molecular formula is C5H12NOSi2. The first kappa shape index (κ1) is 8.88. The molecule has 0 aliphatic carbocycles. The molecule has 0 unspecified atom stereocenters. The Labute approximate surface area is 60.5 Å². The molecule has 0 bridgehead atoms. The summed E-state index contributed by atoms with van der Waals surface area (Å²) < 4.78 is 5.43. The molecule has 0 fully saturated rings. The molecule has 0 aromatic rings. The van der Waals surface area contributed by atoms with Crippen molar-refractivity contribution in [1.29, 1.82) is 5.26 Å². The minimum atomic E-state index is -0.463. The molecule has 0 saturated heterocycles. The molecular weight excluding hydrogens is 146 g/mol. The summed E-state index contributed by atoms with van der Waals surface area (Å²) in [4.78, 5) is 0. The summed E-state index contributed by atoms with van der Waals surface area (Å²) in [5, 5.41) is 8.16. The van der Waals surface area contributed by atoms with Gasteiger partial charge >= 0.3 is 0 Å². The van der Waals surface area contributed by atoms with Gasteiger partial charge in [-0.3, -0.25) is 0 Å². The average molecular weight is 158 g/mol. The monoisotopic (exact) mass is 158 g/mol. The van der Waals surface area contributed by atoms with Gasteiger partial charge < -0.3 is 4.12 Å². The van der Waals surface area contributed by atoms with E-state index < -0.39 is 9.04 Å². The smallest absolute Gasteiger partial charge is 0.190 e. The summed E-state index contributed by atoms with van der Waals surface area (Å²) >= 11 is 0. The van der Waals surface area contributed by atoms with Crippen molar-refractivity contribution in [2.45, 2.75) is 25.6 Å². The minimum absolute atomic E-state index is 0.324. The topological polar surface area (TPSA) is 33.0 Å². The number of hydrogen-bond acceptors (Lipinski definition) is 2. The first-order chi connectivity index (χ1) is 4.27. The van der Waals surface area contributed by atoms with Gasteiger partial charge in [0.05, 0.1) is 6.07 Å². The van der Waals surface area contributed by atoms with E-state index in [2.05, 4.69) is 19.2 Å². The Morgan fingerprint density at radius 2 is 2.33 bits per heavy atom. The van der Waals surface area contributed by atoms with Gasteiger partial charge in [-0.25, -0.2) is 0 Å². The molecule has 2 nitrogen and oxygen atoms in total. The van der Waals surface area contributed by atoms with Crippen molar-refractivity contribution in [3.8, 4) is 6.07 Å². The van der Waals surface area contributed by atoms with Crippen LogP contribution < -0.4 is 0 Å². The largest absolute Gasteiger partial charge is 0.461 e. The molecule has 0 atom stereocenters. The van der Waals surface area contributed by atoms with Crippen LogP contribution in [0.1, 0.15) is 6.42 Å². The quantitative estimate of drug-likeness (QED) is 0.445. The maximum absolute atomic E-state index is 8.16. The summed E-state index contributed by atoms with van der Waals surface area (Å²) in [6.45, 7) is 4.26. The van der Waals surface area contributed by atoms with Crippen molar-refractivity contribution in [2.75, 3.05) is 0 Å². The molecule has 0 aromatic heterocycles. The van der Waals surface area contributed by atoms with Crippen LogP contribution in [-0.4, -0.2) is 18.8 Å². The molecule has 0 rings (SSSR count). The van der Waals surface area contributed by atoms with Gasteiger partial charge in [-0.1, -0.05) is 0 Å². The predicted octanol–water partition coefficient (Wildman–Crippen LogP) is 0.670. The highest BCUT2D eigenvalue weighted by molar-refractivity contribution is 6.56. The second kappa shape index (κ2) is 6.01. The fourth-order valence-corrected chi connectivity index (χ4v) is 2.94. The lowest BCUT2D eigenvalue weighted by Crippen LogP contribution is -2.10. The molecule has 4 heteroatoms. The fraction of sp³-hybridized carbons (Fsp3) is 0.800. The zero-order valence-electron chi connectivity index (χ0n) is 5.98. The summed E-state index contributed by atoms with van der Waals surface area (Å²) in [7, 11) is -0.787. The highest BCUT2D eigenvalue weighted by Gasteiger charge is 1.94. The second-order valence-corrected chi connectivity index (χ2v) is 6.10. The number of rotatable bonds is 4. The van der Waals surface area contributed by atoms with Crippen LogP contribution in [0.25, 0.3) is 0 Å². The Bertz CT molecular complexity index is 99.6. The number of hydrogen-bond donors (Lipinski definition) is 0. The molecule has 1 radical (unpaired) electrons. The second-order valence-electron chi connectivity index (χ2n) is 2.02. The lowest BCUT2D eigenvalue weighted by atomic mass is 10.6. The van der Waals surface area contributed by atoms with E-state index in [0.717, 1.165) is 6.04 Å². The minimum Gasteiger partial charge on any atom is -0.461 e. The van der Waals surface area contributed by atoms with Gasteiger partial charge in [-0.2, -0.15) is 5.26 Å². The molecule has 0 aliphatic heterocycles. The van der Waals surface area contributed by atoms with Gasteiger partial charge in [-0.05, 0) is 19.1 Å². The molecule has 0 saturated carbocycles. The van der Waals surface area contributed by atoms with E-state index in [9.17, 15) is 0 Å². The Morgan fingerprint density at radius 3 is 2.78 bits per heavy atom. The summed E-state index contributed by atoms with van der Waals surface area (Å²) in [5.41, 5.74) is 0. The van der Waals surface area contributed by atoms with E-state index in [1.165, 1.54) is 0 Å². The van der Waals surface area contributed by atoms with Gasteiger partial charge in [0.1, 0.15) is 9.76 Å². The van der Waals surface area contributed by atoms with Crippen molar-refractivity contribution >= 4 is 18.8 Å². The third kappa shape index (κ3) is 7.88. The molecule has 9 heavy (non-hydrogen) atoms. The molecule has 0 spiro atoms. The van der Waals surface area contributed by atoms with Gasteiger partial charge in [0.15, 0.2) is 9.04 Å². The Hall–Kier alpha value is -0.116. The summed E-state index contributed by atoms with van der Waals surface area (Å²) in [5.74, 6) is 0. The maximum Gasteiger partial charge on any atom is 0.190 e. The van der Waals surface area contributed by atoms with Crippen LogP contribution in [0.5, 0.6) is 0 Å². The third-order valence-electron chi connectivity index (χ3n) is 0.824. The first-order valence-corrected chi connectivity index (χ1v) is 7.06. The Kier molecular flexibility index (Phi) is 5.93. The van der Waals surface area contributed by atoms with Crippen LogP contribution in [0, 0.1) is 11.3 Å². The van der Waals surface area contributed by atoms with E-state index in [-0.39, 0.29) is 9.76 Å². The Morgan fingerprint density at radius 1 is 1.67 bits per heavy atom. The van der Waals surface area contributed by atoms with Crippen LogP contribution in [0.2, 0.25) is 19.1 Å². The van der Waals surface area contributed by atoms with Crippen molar-refractivity contribution in [3.63, 3.8) is 0 Å². The van der Waals surface area contributed by atoms with Crippen molar-refractivity contribution < 1.29 is 4.12 Å². The van der Waals surface area contributed by atoms with E-state index >= 15 is 0 Å². The SMILES string of the molecule is C[Si](C)O[SiH2]CCC#N. The lowest BCUT2D eigenvalue weighted by Gasteiger charge is -2.01. The van der Waals surface area contributed by atoms with Crippen LogP contribution >= 0.6 is 0 Å². The number of nitrogens with zero attached hydrogens (tertiary/aromatic N) is 1. The third-order valence-corrected chi connectivity index (χ3v) is 4.59. The van der Waals surface area contributed by atoms with E-state index in [4.69, 9.17) is 9.38 Å². The molecule has 0 aromatic carbocycles. The molecule has 0 amide bonds. The molecule has 51 valence electrons. The average Bonchev–Trinajstić information content (AvgIpc) is 1.80. The zero-order valence-corrected chi connectivity index (χ0v) is 8.39. The normalized spacial score (nSPS) is 10.9. The highest BCUT2D eigenvalue weighted by Crippen LogP contribution is 1.88. The van der Waals surface area contributed by atoms with E-state index in [0.29, 0.717) is 6.42 Å². The maximum atomic E-state index is 8.16.